The molecule has 4 rings (SSSR count). The number of hydrogen-bond acceptors (Lipinski definition) is 7. The first-order valence-electron chi connectivity index (χ1n) is 9.36. The van der Waals surface area contributed by atoms with E-state index >= 15 is 0 Å². The molecule has 0 radical (unpaired) electrons. The molecule has 0 fully saturated rings. The molecule has 158 valence electrons. The third-order valence-corrected chi connectivity index (χ3v) is 6.49. The van der Waals surface area contributed by atoms with E-state index in [4.69, 9.17) is 0 Å². The standard InChI is InChI=1S/C21H19N5O3S2/c1-12-6-4-7-13(10-12)22-15(27)11-31-19-16-18(25(2)21(29)26(3)20(16)28)23-17(24-19)14-8-5-9-30-14/h4-10H,11H2,1-3H3,(H,22,27). The molecule has 3 aromatic heterocycles. The number of anilines is 1. The Bertz CT molecular complexity index is 1410. The number of fused-ring (bicyclic) bond motifs is 1. The monoisotopic (exact) mass is 453 g/mol. The van der Waals surface area contributed by atoms with Crippen LogP contribution in [0.2, 0.25) is 0 Å². The molecule has 31 heavy (non-hydrogen) atoms. The first-order chi connectivity index (χ1) is 14.8. The summed E-state index contributed by atoms with van der Waals surface area (Å²) >= 11 is 2.60. The summed E-state index contributed by atoms with van der Waals surface area (Å²) in [6.45, 7) is 1.95. The SMILES string of the molecule is Cc1cccc(NC(=O)CSc2nc(-c3cccs3)nc3c2c(=O)n(C)c(=O)n3C)c1. The van der Waals surface area contributed by atoms with Crippen LogP contribution in [0.1, 0.15) is 5.56 Å². The fourth-order valence-corrected chi connectivity index (χ4v) is 4.57. The maximum absolute atomic E-state index is 12.9. The molecule has 4 aromatic rings. The molecule has 1 aromatic carbocycles. The van der Waals surface area contributed by atoms with Crippen LogP contribution >= 0.6 is 23.1 Å². The van der Waals surface area contributed by atoms with Gasteiger partial charge >= 0.3 is 5.69 Å². The van der Waals surface area contributed by atoms with Crippen molar-refractivity contribution in [2.75, 3.05) is 11.1 Å². The first-order valence-corrected chi connectivity index (χ1v) is 11.2. The van der Waals surface area contributed by atoms with Crippen molar-refractivity contribution in [1.29, 1.82) is 0 Å². The summed E-state index contributed by atoms with van der Waals surface area (Å²) in [6.07, 6.45) is 0. The zero-order valence-corrected chi connectivity index (χ0v) is 18.7. The van der Waals surface area contributed by atoms with Crippen molar-refractivity contribution in [3.05, 3.63) is 68.2 Å². The second kappa shape index (κ2) is 8.48. The fourth-order valence-electron chi connectivity index (χ4n) is 3.10. The van der Waals surface area contributed by atoms with Crippen LogP contribution in [0.4, 0.5) is 5.69 Å². The minimum absolute atomic E-state index is 0.0515. The van der Waals surface area contributed by atoms with Gasteiger partial charge in [0, 0.05) is 19.8 Å². The number of nitrogens with zero attached hydrogens (tertiary/aromatic N) is 4. The minimum Gasteiger partial charge on any atom is -0.325 e. The summed E-state index contributed by atoms with van der Waals surface area (Å²) in [7, 11) is 2.98. The van der Waals surface area contributed by atoms with E-state index in [9.17, 15) is 14.4 Å². The van der Waals surface area contributed by atoms with Gasteiger partial charge in [-0.3, -0.25) is 18.7 Å². The Hall–Kier alpha value is -3.24. The van der Waals surface area contributed by atoms with Gasteiger partial charge in [0.15, 0.2) is 11.5 Å². The normalized spacial score (nSPS) is 11.1. The molecule has 0 unspecified atom stereocenters. The Morgan fingerprint density at radius 3 is 2.65 bits per heavy atom. The Labute approximate surface area is 185 Å². The molecule has 0 aliphatic heterocycles. The minimum atomic E-state index is -0.488. The second-order valence-corrected chi connectivity index (χ2v) is 8.85. The molecular formula is C21H19N5O3S2. The lowest BCUT2D eigenvalue weighted by Gasteiger charge is -2.11. The van der Waals surface area contributed by atoms with Crippen LogP contribution in [0.15, 0.2) is 56.4 Å². The number of aromatic nitrogens is 4. The Morgan fingerprint density at radius 2 is 1.94 bits per heavy atom. The van der Waals surface area contributed by atoms with Gasteiger partial charge in [0.05, 0.1) is 10.6 Å². The van der Waals surface area contributed by atoms with E-state index in [2.05, 4.69) is 15.3 Å². The lowest BCUT2D eigenvalue weighted by atomic mass is 10.2. The molecule has 0 saturated carbocycles. The average molecular weight is 454 g/mol. The third kappa shape index (κ3) is 4.17. The molecule has 3 heterocycles. The van der Waals surface area contributed by atoms with Gasteiger partial charge < -0.3 is 5.32 Å². The second-order valence-electron chi connectivity index (χ2n) is 6.94. The summed E-state index contributed by atoms with van der Waals surface area (Å²) in [5.41, 5.74) is 1.03. The van der Waals surface area contributed by atoms with Crippen molar-refractivity contribution in [3.8, 4) is 10.7 Å². The predicted octanol–water partition coefficient (Wildman–Crippen LogP) is 2.79. The van der Waals surface area contributed by atoms with E-state index in [-0.39, 0.29) is 22.7 Å². The van der Waals surface area contributed by atoms with Crippen LogP contribution in [0.5, 0.6) is 0 Å². The number of amides is 1. The lowest BCUT2D eigenvalue weighted by Crippen LogP contribution is -2.37. The van der Waals surface area contributed by atoms with Crippen LogP contribution in [0, 0.1) is 6.92 Å². The van der Waals surface area contributed by atoms with E-state index in [1.54, 1.807) is 7.05 Å². The number of thiophene rings is 1. The molecule has 0 aliphatic rings. The number of nitrogens with one attached hydrogen (secondary N) is 1. The number of carbonyl (C=O) groups excluding carboxylic acids is 1. The highest BCUT2D eigenvalue weighted by Gasteiger charge is 2.19. The summed E-state index contributed by atoms with van der Waals surface area (Å²) in [4.78, 5) is 47.6. The molecule has 0 saturated heterocycles. The van der Waals surface area contributed by atoms with Crippen LogP contribution < -0.4 is 16.6 Å². The largest absolute Gasteiger partial charge is 0.332 e. The quantitative estimate of drug-likeness (QED) is 0.369. The summed E-state index contributed by atoms with van der Waals surface area (Å²) in [5.74, 6) is 0.240. The van der Waals surface area contributed by atoms with Crippen LogP contribution in [-0.2, 0) is 18.9 Å². The highest BCUT2D eigenvalue weighted by molar-refractivity contribution is 8.00. The van der Waals surface area contributed by atoms with Crippen LogP contribution in [-0.4, -0.2) is 30.8 Å². The Balaban J connectivity index is 1.74. The highest BCUT2D eigenvalue weighted by Crippen LogP contribution is 2.28. The smallest absolute Gasteiger partial charge is 0.325 e. The maximum atomic E-state index is 12.9. The zero-order valence-electron chi connectivity index (χ0n) is 17.1. The first kappa shape index (κ1) is 21.0. The molecule has 8 nitrogen and oxygen atoms in total. The van der Waals surface area contributed by atoms with Gasteiger partial charge in [-0.1, -0.05) is 30.0 Å². The highest BCUT2D eigenvalue weighted by atomic mass is 32.2. The van der Waals surface area contributed by atoms with E-state index in [0.717, 1.165) is 26.8 Å². The molecule has 0 atom stereocenters. The number of rotatable bonds is 5. The van der Waals surface area contributed by atoms with E-state index in [0.29, 0.717) is 16.5 Å². The molecule has 0 aliphatic carbocycles. The lowest BCUT2D eigenvalue weighted by molar-refractivity contribution is -0.113. The van der Waals surface area contributed by atoms with Gasteiger partial charge in [-0.05, 0) is 36.1 Å². The van der Waals surface area contributed by atoms with Gasteiger partial charge in [-0.2, -0.15) is 0 Å². The molecule has 0 bridgehead atoms. The zero-order chi connectivity index (χ0) is 22.1. The van der Waals surface area contributed by atoms with Gasteiger partial charge in [0.2, 0.25) is 5.91 Å². The predicted molar refractivity (Wildman–Crippen MR) is 124 cm³/mol. The molecule has 1 N–H and O–H groups in total. The number of benzene rings is 1. The molecule has 10 heteroatoms. The number of thioether (sulfide) groups is 1. The fraction of sp³-hybridized carbons (Fsp3) is 0.190. The van der Waals surface area contributed by atoms with Crippen molar-refractivity contribution in [3.63, 3.8) is 0 Å². The van der Waals surface area contributed by atoms with E-state index in [1.807, 2.05) is 48.7 Å². The van der Waals surface area contributed by atoms with E-state index < -0.39 is 11.2 Å². The van der Waals surface area contributed by atoms with Crippen LogP contribution in [0.3, 0.4) is 0 Å². The van der Waals surface area contributed by atoms with Crippen LogP contribution in [0.25, 0.3) is 21.7 Å². The van der Waals surface area contributed by atoms with Crippen molar-refractivity contribution < 1.29 is 4.79 Å². The maximum Gasteiger partial charge on any atom is 0.332 e. The summed E-state index contributed by atoms with van der Waals surface area (Å²) in [6, 6.07) is 11.2. The number of aryl methyl sites for hydroxylation is 2. The topological polar surface area (TPSA) is 98.9 Å². The van der Waals surface area contributed by atoms with Gasteiger partial charge in [-0.15, -0.1) is 11.3 Å². The van der Waals surface area contributed by atoms with E-state index in [1.165, 1.54) is 23.0 Å². The van der Waals surface area contributed by atoms with Gasteiger partial charge in [0.1, 0.15) is 10.4 Å². The summed E-state index contributed by atoms with van der Waals surface area (Å²) < 4.78 is 2.35. The Morgan fingerprint density at radius 1 is 1.13 bits per heavy atom. The third-order valence-electron chi connectivity index (χ3n) is 4.65. The van der Waals surface area contributed by atoms with Gasteiger partial charge in [0.25, 0.3) is 5.56 Å². The number of hydrogen-bond donors (Lipinski definition) is 1. The summed E-state index contributed by atoms with van der Waals surface area (Å²) in [5, 5.41) is 5.33. The van der Waals surface area contributed by atoms with Crippen molar-refractivity contribution in [2.24, 2.45) is 14.1 Å². The van der Waals surface area contributed by atoms with Crippen molar-refractivity contribution >= 4 is 45.7 Å². The van der Waals surface area contributed by atoms with Gasteiger partial charge in [-0.25, -0.2) is 14.8 Å². The average Bonchev–Trinajstić information content (AvgIpc) is 3.29. The number of carbonyl (C=O) groups is 1. The Kier molecular flexibility index (Phi) is 5.75. The van der Waals surface area contributed by atoms with Crippen molar-refractivity contribution in [2.45, 2.75) is 11.9 Å². The molecular weight excluding hydrogens is 434 g/mol. The molecule has 1 amide bonds. The van der Waals surface area contributed by atoms with Crippen molar-refractivity contribution in [1.82, 2.24) is 19.1 Å². The molecule has 0 spiro atoms.